The Morgan fingerprint density at radius 1 is 1.29 bits per heavy atom. The van der Waals surface area contributed by atoms with Gasteiger partial charge in [-0.15, -0.1) is 11.3 Å². The van der Waals surface area contributed by atoms with Gasteiger partial charge in [0.25, 0.3) is 0 Å². The van der Waals surface area contributed by atoms with Crippen molar-refractivity contribution in [2.45, 2.75) is 46.5 Å². The molecule has 0 aromatic carbocycles. The first-order valence-corrected chi connectivity index (χ1v) is 9.84. The summed E-state index contributed by atoms with van der Waals surface area (Å²) in [6.07, 6.45) is 4.38. The molecule has 4 nitrogen and oxygen atoms in total. The summed E-state index contributed by atoms with van der Waals surface area (Å²) in [5, 5.41) is 13.3. The summed E-state index contributed by atoms with van der Waals surface area (Å²) in [6, 6.07) is 2.32. The molecule has 1 aliphatic carbocycles. The Balaban J connectivity index is 1.67. The molecule has 3 atom stereocenters. The Morgan fingerprint density at radius 3 is 2.67 bits per heavy atom. The van der Waals surface area contributed by atoms with Crippen LogP contribution in [0.4, 0.5) is 5.00 Å². The molecule has 2 aliphatic rings. The Morgan fingerprint density at radius 2 is 2.00 bits per heavy atom. The molecule has 1 N–H and O–H groups in total. The van der Waals surface area contributed by atoms with Crippen LogP contribution in [0, 0.1) is 29.1 Å². The van der Waals surface area contributed by atoms with Gasteiger partial charge in [0, 0.05) is 18.0 Å². The maximum Gasteiger partial charge on any atom is 0.239 e. The maximum atomic E-state index is 12.5. The number of rotatable bonds is 3. The molecule has 0 unspecified atom stereocenters. The van der Waals surface area contributed by atoms with Crippen molar-refractivity contribution < 1.29 is 4.79 Å². The molecule has 0 bridgehead atoms. The zero-order valence-electron chi connectivity index (χ0n) is 14.9. The summed E-state index contributed by atoms with van der Waals surface area (Å²) in [5.41, 5.74) is 1.88. The number of nitrogens with one attached hydrogen (secondary N) is 1. The molecule has 3 rings (SSSR count). The number of anilines is 1. The van der Waals surface area contributed by atoms with Gasteiger partial charge >= 0.3 is 0 Å². The maximum absolute atomic E-state index is 12.5. The molecule has 0 radical (unpaired) electrons. The molecular weight excluding hydrogens is 318 g/mol. The van der Waals surface area contributed by atoms with E-state index >= 15 is 0 Å². The standard InChI is InChI=1S/C19H27N3OS/c1-12-4-5-15-16(8-20)19(24-17(15)7-12)21-18(23)11-22-9-13(2)6-14(3)10-22/h12-14H,4-7,9-11H2,1-3H3,(H,21,23)/t12-,13-,14+/m1/s1. The highest BCUT2D eigenvalue weighted by atomic mass is 32.1. The van der Waals surface area contributed by atoms with Crippen molar-refractivity contribution in [1.82, 2.24) is 4.90 Å². The highest BCUT2D eigenvalue weighted by Gasteiger charge is 2.26. The van der Waals surface area contributed by atoms with Crippen molar-refractivity contribution in [1.29, 1.82) is 5.26 Å². The van der Waals surface area contributed by atoms with Crippen LogP contribution in [0.25, 0.3) is 0 Å². The third-order valence-electron chi connectivity index (χ3n) is 5.19. The SMILES string of the molecule is C[C@@H]1CCc2c(sc(NC(=O)CN3C[C@H](C)C[C@H](C)C3)c2C#N)C1. The van der Waals surface area contributed by atoms with E-state index in [1.165, 1.54) is 16.9 Å². The van der Waals surface area contributed by atoms with Crippen molar-refractivity contribution in [2.24, 2.45) is 17.8 Å². The van der Waals surface area contributed by atoms with Gasteiger partial charge in [0.1, 0.15) is 11.1 Å². The van der Waals surface area contributed by atoms with Crippen LogP contribution >= 0.6 is 11.3 Å². The van der Waals surface area contributed by atoms with E-state index in [0.717, 1.165) is 37.4 Å². The second-order valence-corrected chi connectivity index (χ2v) is 8.96. The van der Waals surface area contributed by atoms with E-state index in [0.29, 0.717) is 29.9 Å². The van der Waals surface area contributed by atoms with Gasteiger partial charge < -0.3 is 5.32 Å². The highest BCUT2D eigenvalue weighted by Crippen LogP contribution is 2.39. The number of nitriles is 1. The summed E-state index contributed by atoms with van der Waals surface area (Å²) in [4.78, 5) is 16.0. The van der Waals surface area contributed by atoms with E-state index in [-0.39, 0.29) is 5.91 Å². The lowest BCUT2D eigenvalue weighted by Crippen LogP contribution is -2.42. The van der Waals surface area contributed by atoms with Crippen LogP contribution in [0.5, 0.6) is 0 Å². The lowest BCUT2D eigenvalue weighted by Gasteiger charge is -2.34. The van der Waals surface area contributed by atoms with Gasteiger partial charge in [-0.3, -0.25) is 9.69 Å². The van der Waals surface area contributed by atoms with Crippen molar-refractivity contribution >= 4 is 22.2 Å². The molecule has 2 heterocycles. The second-order valence-electron chi connectivity index (χ2n) is 7.86. The van der Waals surface area contributed by atoms with Crippen molar-refractivity contribution in [2.75, 3.05) is 25.0 Å². The molecule has 1 aromatic heterocycles. The number of amides is 1. The van der Waals surface area contributed by atoms with Crippen LogP contribution in [-0.4, -0.2) is 30.4 Å². The smallest absolute Gasteiger partial charge is 0.239 e. The fraction of sp³-hybridized carbons (Fsp3) is 0.684. The van der Waals surface area contributed by atoms with Crippen LogP contribution in [0.15, 0.2) is 0 Å². The lowest BCUT2D eigenvalue weighted by molar-refractivity contribution is -0.117. The molecule has 24 heavy (non-hydrogen) atoms. The zero-order valence-corrected chi connectivity index (χ0v) is 15.7. The normalized spacial score (nSPS) is 27.3. The number of hydrogen-bond donors (Lipinski definition) is 1. The van der Waals surface area contributed by atoms with Crippen LogP contribution in [0.2, 0.25) is 0 Å². The molecule has 1 fully saturated rings. The molecule has 1 amide bonds. The lowest BCUT2D eigenvalue weighted by atomic mass is 9.88. The summed E-state index contributed by atoms with van der Waals surface area (Å²) in [7, 11) is 0. The Kier molecular flexibility index (Phi) is 5.27. The minimum atomic E-state index is 0.0134. The van der Waals surface area contributed by atoms with Crippen molar-refractivity contribution in [3.05, 3.63) is 16.0 Å². The van der Waals surface area contributed by atoms with E-state index in [1.807, 2.05) is 0 Å². The fourth-order valence-corrected chi connectivity index (χ4v) is 5.62. The summed E-state index contributed by atoms with van der Waals surface area (Å²) in [6.45, 7) is 9.17. The van der Waals surface area contributed by atoms with E-state index < -0.39 is 0 Å². The van der Waals surface area contributed by atoms with Gasteiger partial charge in [-0.05, 0) is 49.0 Å². The first-order valence-electron chi connectivity index (χ1n) is 9.03. The Bertz CT molecular complexity index is 650. The molecule has 0 saturated carbocycles. The number of piperidine rings is 1. The van der Waals surface area contributed by atoms with E-state index in [1.54, 1.807) is 11.3 Å². The minimum Gasteiger partial charge on any atom is -0.315 e. The van der Waals surface area contributed by atoms with E-state index in [2.05, 4.69) is 37.1 Å². The predicted molar refractivity (Wildman–Crippen MR) is 98.2 cm³/mol. The number of nitrogens with zero attached hydrogens (tertiary/aromatic N) is 2. The summed E-state index contributed by atoms with van der Waals surface area (Å²) < 4.78 is 0. The van der Waals surface area contributed by atoms with E-state index in [9.17, 15) is 10.1 Å². The van der Waals surface area contributed by atoms with Gasteiger partial charge in [0.2, 0.25) is 5.91 Å². The molecule has 5 heteroatoms. The largest absolute Gasteiger partial charge is 0.315 e. The number of carbonyl (C=O) groups is 1. The Labute approximate surface area is 148 Å². The third kappa shape index (κ3) is 3.81. The monoisotopic (exact) mass is 345 g/mol. The topological polar surface area (TPSA) is 56.1 Å². The van der Waals surface area contributed by atoms with Gasteiger partial charge in [-0.25, -0.2) is 0 Å². The summed E-state index contributed by atoms with van der Waals surface area (Å²) >= 11 is 1.61. The molecule has 1 aromatic rings. The number of likely N-dealkylation sites (tertiary alicyclic amines) is 1. The Hall–Kier alpha value is -1.38. The average molecular weight is 346 g/mol. The fourth-order valence-electron chi connectivity index (χ4n) is 4.25. The van der Waals surface area contributed by atoms with Crippen LogP contribution < -0.4 is 5.32 Å². The third-order valence-corrected chi connectivity index (χ3v) is 6.36. The van der Waals surface area contributed by atoms with Crippen LogP contribution in [0.3, 0.4) is 0 Å². The second kappa shape index (κ2) is 7.25. The van der Waals surface area contributed by atoms with Gasteiger partial charge in [-0.2, -0.15) is 5.26 Å². The number of hydrogen-bond acceptors (Lipinski definition) is 4. The minimum absolute atomic E-state index is 0.0134. The first kappa shape index (κ1) is 17.4. The van der Waals surface area contributed by atoms with E-state index in [4.69, 9.17) is 0 Å². The van der Waals surface area contributed by atoms with Gasteiger partial charge in [0.15, 0.2) is 0 Å². The molecular formula is C19H27N3OS. The molecule has 1 saturated heterocycles. The molecule has 0 spiro atoms. The number of fused-ring (bicyclic) bond motifs is 1. The van der Waals surface area contributed by atoms with Gasteiger partial charge in [0.05, 0.1) is 12.1 Å². The van der Waals surface area contributed by atoms with Gasteiger partial charge in [-0.1, -0.05) is 20.8 Å². The van der Waals surface area contributed by atoms with Crippen LogP contribution in [-0.2, 0) is 17.6 Å². The first-order chi connectivity index (χ1) is 11.5. The molecule has 130 valence electrons. The molecule has 1 aliphatic heterocycles. The zero-order chi connectivity index (χ0) is 17.3. The van der Waals surface area contributed by atoms with Crippen LogP contribution in [0.1, 0.15) is 49.6 Å². The highest BCUT2D eigenvalue weighted by molar-refractivity contribution is 7.16. The average Bonchev–Trinajstić information content (AvgIpc) is 2.81. The van der Waals surface area contributed by atoms with Crippen molar-refractivity contribution in [3.63, 3.8) is 0 Å². The predicted octanol–water partition coefficient (Wildman–Crippen LogP) is 3.66. The number of carbonyl (C=O) groups excluding carboxylic acids is 1. The van der Waals surface area contributed by atoms with Crippen molar-refractivity contribution in [3.8, 4) is 6.07 Å². The quantitative estimate of drug-likeness (QED) is 0.909. The number of thiophene rings is 1. The summed E-state index contributed by atoms with van der Waals surface area (Å²) in [5.74, 6) is 1.97.